The van der Waals surface area contributed by atoms with Crippen molar-refractivity contribution in [2.24, 2.45) is 0 Å². The van der Waals surface area contributed by atoms with E-state index in [4.69, 9.17) is 4.74 Å². The fourth-order valence-electron chi connectivity index (χ4n) is 4.89. The second-order valence-electron chi connectivity index (χ2n) is 8.23. The van der Waals surface area contributed by atoms with Crippen LogP contribution in [0.25, 0.3) is 5.57 Å². The molecule has 0 aliphatic heterocycles. The number of benzene rings is 3. The van der Waals surface area contributed by atoms with Crippen LogP contribution < -0.4 is 4.74 Å². The summed E-state index contributed by atoms with van der Waals surface area (Å²) in [5.41, 5.74) is 5.18. The van der Waals surface area contributed by atoms with Crippen LogP contribution in [-0.2, 0) is 4.79 Å². The molecule has 0 spiro atoms. The van der Waals surface area contributed by atoms with Crippen LogP contribution in [0.15, 0.2) is 90.5 Å². The van der Waals surface area contributed by atoms with Crippen molar-refractivity contribution in [1.29, 1.82) is 0 Å². The van der Waals surface area contributed by atoms with Gasteiger partial charge in [0.05, 0.1) is 13.0 Å². The van der Waals surface area contributed by atoms with Gasteiger partial charge in [0.2, 0.25) is 0 Å². The standard InChI is InChI=1S/C30H25O2/c1-32-25-18-16-22(17-19-25)27-20-26(21-10-8-9-11-21)28(23-12-4-2-5-13-23)30(31)29(27)24-14-6-3-7-15-24/h2-19,27,29H,20H2,1H3. The third-order valence-electron chi connectivity index (χ3n) is 6.43. The van der Waals surface area contributed by atoms with Crippen LogP contribution in [-0.4, -0.2) is 12.9 Å². The zero-order valence-electron chi connectivity index (χ0n) is 18.1. The first-order valence-corrected chi connectivity index (χ1v) is 11.0. The Kier molecular flexibility index (Phi) is 5.94. The van der Waals surface area contributed by atoms with E-state index >= 15 is 0 Å². The van der Waals surface area contributed by atoms with E-state index < -0.39 is 0 Å². The van der Waals surface area contributed by atoms with Crippen molar-refractivity contribution in [3.63, 3.8) is 0 Å². The second kappa shape index (κ2) is 9.16. The summed E-state index contributed by atoms with van der Waals surface area (Å²) in [6.07, 6.45) is 9.10. The van der Waals surface area contributed by atoms with E-state index in [0.29, 0.717) is 0 Å². The van der Waals surface area contributed by atoms with Gasteiger partial charge in [-0.2, -0.15) is 0 Å². The summed E-state index contributed by atoms with van der Waals surface area (Å²) < 4.78 is 5.37. The summed E-state index contributed by atoms with van der Waals surface area (Å²) >= 11 is 0. The Hall–Kier alpha value is -3.13. The zero-order chi connectivity index (χ0) is 21.9. The Bertz CT molecular complexity index is 1090. The molecule has 2 aliphatic carbocycles. The number of rotatable bonds is 5. The van der Waals surface area contributed by atoms with Gasteiger partial charge in [-0.25, -0.2) is 0 Å². The minimum Gasteiger partial charge on any atom is -0.497 e. The lowest BCUT2D eigenvalue weighted by Gasteiger charge is -2.36. The van der Waals surface area contributed by atoms with Crippen LogP contribution in [0.5, 0.6) is 5.75 Å². The molecule has 3 aromatic rings. The smallest absolute Gasteiger partial charge is 0.171 e. The number of ketones is 1. The molecular weight excluding hydrogens is 392 g/mol. The van der Waals surface area contributed by atoms with Gasteiger partial charge in [-0.05, 0) is 60.9 Å². The monoisotopic (exact) mass is 417 g/mol. The molecule has 2 nitrogen and oxygen atoms in total. The predicted molar refractivity (Wildman–Crippen MR) is 128 cm³/mol. The molecule has 3 aromatic carbocycles. The Morgan fingerprint density at radius 2 is 1.38 bits per heavy atom. The van der Waals surface area contributed by atoms with Crippen molar-refractivity contribution in [1.82, 2.24) is 0 Å². The van der Waals surface area contributed by atoms with Crippen molar-refractivity contribution < 1.29 is 9.53 Å². The minimum atomic E-state index is -0.237. The maximum Gasteiger partial charge on any atom is 0.171 e. The number of hydrogen-bond acceptors (Lipinski definition) is 2. The van der Waals surface area contributed by atoms with E-state index in [1.807, 2.05) is 73.5 Å². The molecule has 2 unspecified atom stereocenters. The fraction of sp³-hybridized carbons (Fsp3) is 0.133. The highest BCUT2D eigenvalue weighted by atomic mass is 16.5. The molecule has 5 radical (unpaired) electrons. The molecule has 0 saturated heterocycles. The topological polar surface area (TPSA) is 26.3 Å². The van der Waals surface area contributed by atoms with Gasteiger partial charge < -0.3 is 4.74 Å². The highest BCUT2D eigenvalue weighted by Crippen LogP contribution is 2.51. The first-order valence-electron chi connectivity index (χ1n) is 11.0. The van der Waals surface area contributed by atoms with Gasteiger partial charge in [0.25, 0.3) is 0 Å². The van der Waals surface area contributed by atoms with E-state index in [2.05, 4.69) is 37.1 Å². The van der Waals surface area contributed by atoms with E-state index in [-0.39, 0.29) is 17.6 Å². The lowest BCUT2D eigenvalue weighted by molar-refractivity contribution is -0.116. The lowest BCUT2D eigenvalue weighted by atomic mass is 9.66. The van der Waals surface area contributed by atoms with E-state index in [1.54, 1.807) is 7.11 Å². The summed E-state index contributed by atoms with van der Waals surface area (Å²) in [7, 11) is 1.67. The van der Waals surface area contributed by atoms with Gasteiger partial charge in [-0.3, -0.25) is 4.79 Å². The first-order chi connectivity index (χ1) is 15.8. The van der Waals surface area contributed by atoms with Crippen LogP contribution in [0.3, 0.4) is 0 Å². The first kappa shape index (κ1) is 20.8. The van der Waals surface area contributed by atoms with Crippen LogP contribution in [0.2, 0.25) is 0 Å². The fourth-order valence-corrected chi connectivity index (χ4v) is 4.89. The van der Waals surface area contributed by atoms with E-state index in [9.17, 15) is 4.79 Å². The van der Waals surface area contributed by atoms with Gasteiger partial charge in [-0.15, -0.1) is 0 Å². The van der Waals surface area contributed by atoms with Crippen LogP contribution in [0.4, 0.5) is 0 Å². The van der Waals surface area contributed by atoms with Crippen molar-refractivity contribution in [3.05, 3.63) is 139 Å². The molecule has 0 aromatic heterocycles. The summed E-state index contributed by atoms with van der Waals surface area (Å²) in [6.45, 7) is 0. The molecule has 32 heavy (non-hydrogen) atoms. The minimum absolute atomic E-state index is 0.0492. The Labute approximate surface area is 190 Å². The van der Waals surface area contributed by atoms with Crippen LogP contribution in [0, 0.1) is 31.6 Å². The molecule has 2 atom stereocenters. The van der Waals surface area contributed by atoms with Crippen LogP contribution in [0.1, 0.15) is 34.9 Å². The maximum atomic E-state index is 14.3. The van der Waals surface area contributed by atoms with E-state index in [1.165, 1.54) is 0 Å². The lowest BCUT2D eigenvalue weighted by Crippen LogP contribution is -2.29. The molecule has 157 valence electrons. The number of hydrogen-bond donors (Lipinski definition) is 0. The maximum absolute atomic E-state index is 14.3. The highest BCUT2D eigenvalue weighted by Gasteiger charge is 2.41. The third-order valence-corrected chi connectivity index (χ3v) is 6.43. The van der Waals surface area contributed by atoms with Crippen molar-refractivity contribution in [2.75, 3.05) is 7.11 Å². The summed E-state index contributed by atoms with van der Waals surface area (Å²) in [5.74, 6) is 1.95. The van der Waals surface area contributed by atoms with Crippen molar-refractivity contribution in [3.8, 4) is 5.75 Å². The number of carbonyl (C=O) groups is 1. The van der Waals surface area contributed by atoms with E-state index in [0.717, 1.165) is 45.9 Å². The molecule has 2 heteroatoms. The number of Topliss-reactive ketones (excluding diaryl/α,β-unsaturated/α-hetero) is 1. The molecule has 0 bridgehead atoms. The molecule has 5 rings (SSSR count). The van der Waals surface area contributed by atoms with Gasteiger partial charge in [0.1, 0.15) is 5.75 Å². The number of allylic oxidation sites excluding steroid dienone is 2. The highest BCUT2D eigenvalue weighted by molar-refractivity contribution is 6.26. The average Bonchev–Trinajstić information content (AvgIpc) is 3.39. The molecule has 0 N–H and O–H groups in total. The van der Waals surface area contributed by atoms with Gasteiger partial charge >= 0.3 is 0 Å². The SMILES string of the molecule is COc1ccc(C2CC([C]3[CH][CH][CH][CH]3)=C(c3ccccc3)C(=O)C2c2ccccc2)cc1. The Morgan fingerprint density at radius 1 is 0.750 bits per heavy atom. The Morgan fingerprint density at radius 3 is 2.00 bits per heavy atom. The van der Waals surface area contributed by atoms with Crippen molar-refractivity contribution >= 4 is 11.4 Å². The molecule has 0 amide bonds. The number of methoxy groups -OCH3 is 1. The van der Waals surface area contributed by atoms with Gasteiger partial charge in [0, 0.05) is 17.4 Å². The third kappa shape index (κ3) is 3.90. The summed E-state index contributed by atoms with van der Waals surface area (Å²) in [4.78, 5) is 14.3. The molecule has 2 aliphatic rings. The molecule has 1 fully saturated rings. The predicted octanol–water partition coefficient (Wildman–Crippen LogP) is 6.39. The Balaban J connectivity index is 1.67. The van der Waals surface area contributed by atoms with Gasteiger partial charge in [0.15, 0.2) is 5.78 Å². The summed E-state index contributed by atoms with van der Waals surface area (Å²) in [5, 5.41) is 0. The molecule has 1 saturated carbocycles. The van der Waals surface area contributed by atoms with Crippen molar-refractivity contribution in [2.45, 2.75) is 18.3 Å². The van der Waals surface area contributed by atoms with Crippen LogP contribution >= 0.6 is 0 Å². The largest absolute Gasteiger partial charge is 0.497 e. The quantitative estimate of drug-likeness (QED) is 0.480. The number of carbonyl (C=O) groups excluding carboxylic acids is 1. The number of ether oxygens (including phenoxy) is 1. The second-order valence-corrected chi connectivity index (χ2v) is 8.23. The average molecular weight is 418 g/mol. The molecular formula is C30H25O2. The van der Waals surface area contributed by atoms with Gasteiger partial charge in [-0.1, -0.05) is 78.4 Å². The normalized spacial score (nSPS) is 21.7. The summed E-state index contributed by atoms with van der Waals surface area (Å²) in [6, 6.07) is 28.5. The zero-order valence-corrected chi connectivity index (χ0v) is 18.1. The molecule has 0 heterocycles.